The Bertz CT molecular complexity index is 1120. The molecule has 0 bridgehead atoms. The highest BCUT2D eigenvalue weighted by atomic mass is 32.2. The Labute approximate surface area is 193 Å². The first-order valence-electron chi connectivity index (χ1n) is 10.6. The molecule has 2 aromatic carbocycles. The molecule has 172 valence electrons. The minimum absolute atomic E-state index is 0.0138. The molecule has 2 heterocycles. The molecule has 4 rings (SSSR count). The van der Waals surface area contributed by atoms with Gasteiger partial charge in [0.15, 0.2) is 0 Å². The van der Waals surface area contributed by atoms with Crippen LogP contribution in [0, 0.1) is 0 Å². The van der Waals surface area contributed by atoms with Crippen LogP contribution in [0.1, 0.15) is 31.2 Å². The van der Waals surface area contributed by atoms with E-state index in [2.05, 4.69) is 0 Å². The van der Waals surface area contributed by atoms with Crippen molar-refractivity contribution in [2.75, 3.05) is 44.5 Å². The zero-order chi connectivity index (χ0) is 22.9. The van der Waals surface area contributed by atoms with Gasteiger partial charge in [-0.1, -0.05) is 0 Å². The molecule has 2 aromatic rings. The number of hydrogen-bond donors (Lipinski definition) is 0. The summed E-state index contributed by atoms with van der Waals surface area (Å²) in [5, 5.41) is 0. The number of ether oxygens (including phenoxy) is 2. The number of amides is 1. The number of methoxy groups -OCH3 is 2. The van der Waals surface area contributed by atoms with Gasteiger partial charge in [0.25, 0.3) is 0 Å². The largest absolute Gasteiger partial charge is 0.497 e. The maximum absolute atomic E-state index is 13.5. The summed E-state index contributed by atoms with van der Waals surface area (Å²) >= 11 is 1.66. The summed E-state index contributed by atoms with van der Waals surface area (Å²) in [6.45, 7) is 2.91. The number of sulfonamides is 1. The fraction of sp³-hybridized carbons (Fsp3) is 0.435. The number of benzene rings is 2. The molecule has 0 spiro atoms. The molecule has 2 aliphatic heterocycles. The van der Waals surface area contributed by atoms with Crippen LogP contribution in [0.2, 0.25) is 0 Å². The van der Waals surface area contributed by atoms with Gasteiger partial charge in [-0.15, -0.1) is 11.8 Å². The van der Waals surface area contributed by atoms with Crippen molar-refractivity contribution < 1.29 is 22.7 Å². The molecule has 32 heavy (non-hydrogen) atoms. The molecule has 0 aliphatic carbocycles. The summed E-state index contributed by atoms with van der Waals surface area (Å²) in [6.07, 6.45) is 1.57. The summed E-state index contributed by atoms with van der Waals surface area (Å²) in [7, 11) is -0.472. The molecular formula is C23H28N2O5S2. The molecule has 1 saturated heterocycles. The second kappa shape index (κ2) is 9.33. The SMILES string of the molecule is COc1ccc(OC)c([C@@H]2CCN(S(=O)(=O)c3ccc4c(c3)N(C(C)=O)CCCS4)C2)c1. The van der Waals surface area contributed by atoms with Gasteiger partial charge in [-0.25, -0.2) is 8.42 Å². The predicted octanol–water partition coefficient (Wildman–Crippen LogP) is 3.73. The number of carbonyl (C=O) groups is 1. The van der Waals surface area contributed by atoms with Crippen molar-refractivity contribution in [1.29, 1.82) is 0 Å². The molecule has 0 saturated carbocycles. The third-order valence-corrected chi connectivity index (χ3v) is 9.06. The average molecular weight is 477 g/mol. The molecule has 7 nitrogen and oxygen atoms in total. The molecule has 9 heteroatoms. The van der Waals surface area contributed by atoms with E-state index in [4.69, 9.17) is 9.47 Å². The van der Waals surface area contributed by atoms with Crippen LogP contribution in [0.5, 0.6) is 11.5 Å². The molecule has 2 aliphatic rings. The summed E-state index contributed by atoms with van der Waals surface area (Å²) in [5.74, 6) is 2.29. The summed E-state index contributed by atoms with van der Waals surface area (Å²) in [4.78, 5) is 15.0. The van der Waals surface area contributed by atoms with Gasteiger partial charge < -0.3 is 14.4 Å². The van der Waals surface area contributed by atoms with E-state index >= 15 is 0 Å². The number of anilines is 1. The van der Waals surface area contributed by atoms with E-state index in [9.17, 15) is 13.2 Å². The van der Waals surface area contributed by atoms with Gasteiger partial charge in [0.1, 0.15) is 11.5 Å². The third kappa shape index (κ3) is 4.33. The highest BCUT2D eigenvalue weighted by Gasteiger charge is 2.35. The second-order valence-corrected chi connectivity index (χ2v) is 11.0. The Balaban J connectivity index is 1.62. The molecule has 0 unspecified atom stereocenters. The van der Waals surface area contributed by atoms with Gasteiger partial charge >= 0.3 is 0 Å². The Morgan fingerprint density at radius 2 is 1.91 bits per heavy atom. The van der Waals surface area contributed by atoms with Crippen LogP contribution in [0.3, 0.4) is 0 Å². The molecule has 1 atom stereocenters. The van der Waals surface area contributed by atoms with Crippen LogP contribution in [-0.2, 0) is 14.8 Å². The van der Waals surface area contributed by atoms with Gasteiger partial charge in [0, 0.05) is 42.9 Å². The van der Waals surface area contributed by atoms with Crippen molar-refractivity contribution in [2.24, 2.45) is 0 Å². The van der Waals surface area contributed by atoms with Crippen LogP contribution >= 0.6 is 11.8 Å². The monoisotopic (exact) mass is 476 g/mol. The number of fused-ring (bicyclic) bond motifs is 1. The van der Waals surface area contributed by atoms with E-state index in [1.807, 2.05) is 24.3 Å². The Hall–Kier alpha value is -2.23. The summed E-state index contributed by atoms with van der Waals surface area (Å²) in [6, 6.07) is 10.7. The lowest BCUT2D eigenvalue weighted by molar-refractivity contribution is -0.116. The minimum atomic E-state index is -3.70. The predicted molar refractivity (Wildman–Crippen MR) is 125 cm³/mol. The molecular weight excluding hydrogens is 448 g/mol. The van der Waals surface area contributed by atoms with Crippen LogP contribution in [0.4, 0.5) is 5.69 Å². The van der Waals surface area contributed by atoms with E-state index in [0.29, 0.717) is 31.7 Å². The van der Waals surface area contributed by atoms with E-state index in [1.165, 1.54) is 11.2 Å². The Morgan fingerprint density at radius 3 is 2.62 bits per heavy atom. The van der Waals surface area contributed by atoms with Crippen molar-refractivity contribution in [1.82, 2.24) is 4.31 Å². The number of carbonyl (C=O) groups excluding carboxylic acids is 1. The maximum atomic E-state index is 13.5. The minimum Gasteiger partial charge on any atom is -0.497 e. The Morgan fingerprint density at radius 1 is 1.09 bits per heavy atom. The molecule has 0 radical (unpaired) electrons. The van der Waals surface area contributed by atoms with Crippen molar-refractivity contribution in [3.8, 4) is 11.5 Å². The second-order valence-electron chi connectivity index (χ2n) is 7.96. The molecule has 1 fully saturated rings. The van der Waals surface area contributed by atoms with E-state index in [-0.39, 0.29) is 16.7 Å². The third-order valence-electron chi connectivity index (χ3n) is 6.05. The number of nitrogens with zero attached hydrogens (tertiary/aromatic N) is 2. The number of rotatable bonds is 5. The van der Waals surface area contributed by atoms with E-state index in [1.54, 1.807) is 43.0 Å². The Kier molecular flexibility index (Phi) is 6.69. The topological polar surface area (TPSA) is 76.2 Å². The zero-order valence-electron chi connectivity index (χ0n) is 18.5. The van der Waals surface area contributed by atoms with Crippen LogP contribution in [-0.4, -0.2) is 58.2 Å². The van der Waals surface area contributed by atoms with Crippen molar-refractivity contribution in [3.05, 3.63) is 42.0 Å². The normalized spacial score (nSPS) is 19.3. The highest BCUT2D eigenvalue weighted by Crippen LogP contribution is 2.40. The average Bonchev–Trinajstić information content (AvgIpc) is 3.20. The van der Waals surface area contributed by atoms with E-state index in [0.717, 1.165) is 34.1 Å². The molecule has 1 amide bonds. The number of hydrogen-bond acceptors (Lipinski definition) is 6. The number of thioether (sulfide) groups is 1. The van der Waals surface area contributed by atoms with Gasteiger partial charge in [0.05, 0.1) is 24.8 Å². The molecule has 0 N–H and O–H groups in total. The highest BCUT2D eigenvalue weighted by molar-refractivity contribution is 7.99. The zero-order valence-corrected chi connectivity index (χ0v) is 20.2. The lowest BCUT2D eigenvalue weighted by atomic mass is 9.97. The maximum Gasteiger partial charge on any atom is 0.243 e. The summed E-state index contributed by atoms with van der Waals surface area (Å²) < 4.78 is 39.4. The van der Waals surface area contributed by atoms with Gasteiger partial charge in [0.2, 0.25) is 15.9 Å². The van der Waals surface area contributed by atoms with Crippen LogP contribution in [0.15, 0.2) is 46.2 Å². The van der Waals surface area contributed by atoms with Crippen molar-refractivity contribution in [3.63, 3.8) is 0 Å². The van der Waals surface area contributed by atoms with Crippen LogP contribution < -0.4 is 14.4 Å². The standard InChI is InChI=1S/C23H28N2O5S2/c1-16(26)25-10-4-12-31-23-8-6-19(14-21(23)25)32(27,28)24-11-9-17(15-24)20-13-18(29-2)5-7-22(20)30-3/h5-8,13-14,17H,4,9-12,15H2,1-3H3/t17-/m1/s1. The first-order valence-corrected chi connectivity index (χ1v) is 13.0. The summed E-state index contributed by atoms with van der Waals surface area (Å²) in [5.41, 5.74) is 1.64. The van der Waals surface area contributed by atoms with Gasteiger partial charge in [-0.2, -0.15) is 4.31 Å². The molecule has 0 aromatic heterocycles. The lowest BCUT2D eigenvalue weighted by Crippen LogP contribution is -2.31. The van der Waals surface area contributed by atoms with Crippen molar-refractivity contribution >= 4 is 33.4 Å². The first-order chi connectivity index (χ1) is 15.3. The fourth-order valence-electron chi connectivity index (χ4n) is 4.35. The van der Waals surface area contributed by atoms with Crippen LogP contribution in [0.25, 0.3) is 0 Å². The van der Waals surface area contributed by atoms with E-state index < -0.39 is 10.0 Å². The quantitative estimate of drug-likeness (QED) is 0.655. The van der Waals surface area contributed by atoms with Crippen molar-refractivity contribution in [2.45, 2.75) is 35.5 Å². The lowest BCUT2D eigenvalue weighted by Gasteiger charge is -2.23. The fourth-order valence-corrected chi connectivity index (χ4v) is 6.85. The van der Waals surface area contributed by atoms with Gasteiger partial charge in [-0.3, -0.25) is 4.79 Å². The first kappa shape index (κ1) is 22.9. The smallest absolute Gasteiger partial charge is 0.243 e. The van der Waals surface area contributed by atoms with Gasteiger partial charge in [-0.05, 0) is 55.0 Å².